The van der Waals surface area contributed by atoms with Crippen molar-refractivity contribution in [3.63, 3.8) is 0 Å². The van der Waals surface area contributed by atoms with Gasteiger partial charge in [0.2, 0.25) is 0 Å². The lowest BCUT2D eigenvalue weighted by Crippen LogP contribution is -2.05. The number of rotatable bonds is 5. The van der Waals surface area contributed by atoms with Crippen molar-refractivity contribution in [1.29, 1.82) is 0 Å². The number of ether oxygens (including phenoxy) is 2. The monoisotopic (exact) mass is 275 g/mol. The SMILES string of the molecule is CNCc1ccc(F)c(-c2cc(OC)ccc2OC)c1. The van der Waals surface area contributed by atoms with Crippen LogP contribution in [0.5, 0.6) is 11.5 Å². The normalized spacial score (nSPS) is 10.4. The summed E-state index contributed by atoms with van der Waals surface area (Å²) in [6.45, 7) is 0.680. The first kappa shape index (κ1) is 14.3. The summed E-state index contributed by atoms with van der Waals surface area (Å²) < 4.78 is 24.7. The standard InChI is InChI=1S/C16H18FNO2/c1-18-10-11-4-6-15(17)13(8-11)14-9-12(19-2)5-7-16(14)20-3/h4-9,18H,10H2,1-3H3. The summed E-state index contributed by atoms with van der Waals surface area (Å²) in [5.74, 6) is 1.00. The van der Waals surface area contributed by atoms with E-state index < -0.39 is 0 Å². The highest BCUT2D eigenvalue weighted by molar-refractivity contribution is 5.73. The van der Waals surface area contributed by atoms with Crippen LogP contribution in [-0.4, -0.2) is 21.3 Å². The molecule has 106 valence electrons. The zero-order valence-electron chi connectivity index (χ0n) is 11.9. The Morgan fingerprint density at radius 3 is 2.45 bits per heavy atom. The Morgan fingerprint density at radius 1 is 1.00 bits per heavy atom. The number of halogens is 1. The van der Waals surface area contributed by atoms with E-state index in [-0.39, 0.29) is 5.82 Å². The molecular weight excluding hydrogens is 257 g/mol. The van der Waals surface area contributed by atoms with Gasteiger partial charge in [-0.05, 0) is 42.9 Å². The van der Waals surface area contributed by atoms with Crippen LogP contribution < -0.4 is 14.8 Å². The minimum Gasteiger partial charge on any atom is -0.497 e. The van der Waals surface area contributed by atoms with Crippen LogP contribution in [-0.2, 0) is 6.54 Å². The molecule has 2 aromatic carbocycles. The maximum absolute atomic E-state index is 14.1. The first-order valence-corrected chi connectivity index (χ1v) is 6.35. The first-order chi connectivity index (χ1) is 9.69. The Bertz CT molecular complexity index is 599. The fourth-order valence-electron chi connectivity index (χ4n) is 2.12. The third-order valence-electron chi connectivity index (χ3n) is 3.11. The zero-order chi connectivity index (χ0) is 14.5. The lowest BCUT2D eigenvalue weighted by molar-refractivity contribution is 0.404. The van der Waals surface area contributed by atoms with E-state index in [2.05, 4.69) is 5.32 Å². The smallest absolute Gasteiger partial charge is 0.131 e. The molecule has 0 spiro atoms. The van der Waals surface area contributed by atoms with Crippen LogP contribution in [0.1, 0.15) is 5.56 Å². The molecule has 0 heterocycles. The average Bonchev–Trinajstić information content (AvgIpc) is 2.49. The molecule has 0 saturated carbocycles. The van der Waals surface area contributed by atoms with E-state index in [0.29, 0.717) is 29.2 Å². The lowest BCUT2D eigenvalue weighted by Gasteiger charge is -2.12. The lowest BCUT2D eigenvalue weighted by atomic mass is 10.0. The van der Waals surface area contributed by atoms with Crippen LogP contribution in [0.2, 0.25) is 0 Å². The minimum absolute atomic E-state index is 0.281. The van der Waals surface area contributed by atoms with E-state index in [9.17, 15) is 4.39 Å². The Kier molecular flexibility index (Phi) is 4.58. The van der Waals surface area contributed by atoms with Crippen molar-refractivity contribution < 1.29 is 13.9 Å². The number of hydrogen-bond donors (Lipinski definition) is 1. The fraction of sp³-hybridized carbons (Fsp3) is 0.250. The molecule has 1 N–H and O–H groups in total. The van der Waals surface area contributed by atoms with Crippen molar-refractivity contribution in [3.05, 3.63) is 47.8 Å². The number of methoxy groups -OCH3 is 2. The third kappa shape index (κ3) is 2.91. The topological polar surface area (TPSA) is 30.5 Å². The maximum Gasteiger partial charge on any atom is 0.131 e. The Hall–Kier alpha value is -2.07. The maximum atomic E-state index is 14.1. The van der Waals surface area contributed by atoms with Gasteiger partial charge >= 0.3 is 0 Å². The Morgan fingerprint density at radius 2 is 1.80 bits per heavy atom. The van der Waals surface area contributed by atoms with Crippen molar-refractivity contribution in [1.82, 2.24) is 5.32 Å². The van der Waals surface area contributed by atoms with Crippen LogP contribution in [0.15, 0.2) is 36.4 Å². The van der Waals surface area contributed by atoms with Gasteiger partial charge in [-0.1, -0.05) is 6.07 Å². The van der Waals surface area contributed by atoms with Gasteiger partial charge in [-0.25, -0.2) is 4.39 Å². The second kappa shape index (κ2) is 6.39. The van der Waals surface area contributed by atoms with Gasteiger partial charge < -0.3 is 14.8 Å². The number of benzene rings is 2. The summed E-state index contributed by atoms with van der Waals surface area (Å²) in [5, 5.41) is 3.05. The number of hydrogen-bond acceptors (Lipinski definition) is 3. The van der Waals surface area contributed by atoms with E-state index in [0.717, 1.165) is 5.56 Å². The quantitative estimate of drug-likeness (QED) is 0.908. The highest BCUT2D eigenvalue weighted by Gasteiger charge is 2.12. The molecule has 0 aliphatic carbocycles. The molecule has 0 atom stereocenters. The first-order valence-electron chi connectivity index (χ1n) is 6.35. The summed E-state index contributed by atoms with van der Waals surface area (Å²) >= 11 is 0. The average molecular weight is 275 g/mol. The molecule has 0 aliphatic heterocycles. The second-order valence-electron chi connectivity index (χ2n) is 4.41. The highest BCUT2D eigenvalue weighted by atomic mass is 19.1. The predicted molar refractivity (Wildman–Crippen MR) is 77.7 cm³/mol. The molecule has 2 aromatic rings. The largest absolute Gasteiger partial charge is 0.497 e. The summed E-state index contributed by atoms with van der Waals surface area (Å²) in [6, 6.07) is 10.4. The van der Waals surface area contributed by atoms with Crippen molar-refractivity contribution in [3.8, 4) is 22.6 Å². The summed E-state index contributed by atoms with van der Waals surface area (Å²) in [4.78, 5) is 0. The predicted octanol–water partition coefficient (Wildman–Crippen LogP) is 3.23. The molecule has 0 bridgehead atoms. The summed E-state index contributed by atoms with van der Waals surface area (Å²) in [5.41, 5.74) is 2.20. The second-order valence-corrected chi connectivity index (χ2v) is 4.41. The molecule has 4 heteroatoms. The van der Waals surface area contributed by atoms with Gasteiger partial charge in [-0.3, -0.25) is 0 Å². The molecule has 0 fully saturated rings. The van der Waals surface area contributed by atoms with Crippen LogP contribution >= 0.6 is 0 Å². The van der Waals surface area contributed by atoms with Crippen LogP contribution in [0, 0.1) is 5.82 Å². The highest BCUT2D eigenvalue weighted by Crippen LogP contribution is 2.35. The molecule has 20 heavy (non-hydrogen) atoms. The van der Waals surface area contributed by atoms with E-state index in [1.165, 1.54) is 6.07 Å². The third-order valence-corrected chi connectivity index (χ3v) is 3.11. The van der Waals surface area contributed by atoms with Gasteiger partial charge in [0.25, 0.3) is 0 Å². The molecule has 0 aliphatic rings. The summed E-state index contributed by atoms with van der Waals surface area (Å²) in [7, 11) is 5.01. The van der Waals surface area contributed by atoms with E-state index in [1.54, 1.807) is 38.5 Å². The van der Waals surface area contributed by atoms with Gasteiger partial charge in [0, 0.05) is 17.7 Å². The molecular formula is C16H18FNO2. The van der Waals surface area contributed by atoms with Gasteiger partial charge in [0.05, 0.1) is 14.2 Å². The summed E-state index contributed by atoms with van der Waals surface area (Å²) in [6.07, 6.45) is 0. The van der Waals surface area contributed by atoms with Crippen molar-refractivity contribution in [2.45, 2.75) is 6.54 Å². The molecule has 0 unspecified atom stereocenters. The Labute approximate surface area is 118 Å². The van der Waals surface area contributed by atoms with Crippen LogP contribution in [0.25, 0.3) is 11.1 Å². The van der Waals surface area contributed by atoms with Crippen LogP contribution in [0.4, 0.5) is 4.39 Å². The molecule has 0 radical (unpaired) electrons. The molecule has 0 amide bonds. The van der Waals surface area contributed by atoms with Crippen molar-refractivity contribution in [2.24, 2.45) is 0 Å². The van der Waals surface area contributed by atoms with E-state index >= 15 is 0 Å². The van der Waals surface area contributed by atoms with Crippen LogP contribution in [0.3, 0.4) is 0 Å². The van der Waals surface area contributed by atoms with Gasteiger partial charge in [-0.2, -0.15) is 0 Å². The molecule has 3 nitrogen and oxygen atoms in total. The zero-order valence-corrected chi connectivity index (χ0v) is 11.9. The molecule has 2 rings (SSSR count). The van der Waals surface area contributed by atoms with Gasteiger partial charge in [0.1, 0.15) is 17.3 Å². The van der Waals surface area contributed by atoms with Crippen molar-refractivity contribution in [2.75, 3.05) is 21.3 Å². The minimum atomic E-state index is -0.281. The molecule has 0 aromatic heterocycles. The molecule has 0 saturated heterocycles. The van der Waals surface area contributed by atoms with Gasteiger partial charge in [0.15, 0.2) is 0 Å². The van der Waals surface area contributed by atoms with Gasteiger partial charge in [-0.15, -0.1) is 0 Å². The number of nitrogens with one attached hydrogen (secondary N) is 1. The van der Waals surface area contributed by atoms with Crippen molar-refractivity contribution >= 4 is 0 Å². The fourth-order valence-corrected chi connectivity index (χ4v) is 2.12. The van der Waals surface area contributed by atoms with E-state index in [4.69, 9.17) is 9.47 Å². The van der Waals surface area contributed by atoms with E-state index in [1.807, 2.05) is 13.1 Å². The Balaban J connectivity index is 2.56.